The Hall–Kier alpha value is -1.88. The molecule has 4 fully saturated rings. The molecular weight excluding hydrogens is 379 g/mol. The van der Waals surface area contributed by atoms with Crippen LogP contribution in [-0.2, 0) is 9.53 Å². The average Bonchev–Trinajstić information content (AvgIpc) is 3.01. The second-order valence-electron chi connectivity index (χ2n) is 10.3. The number of hydrogen-bond donors (Lipinski definition) is 1. The number of hydrogen-bond acceptors (Lipinski definition) is 3. The summed E-state index contributed by atoms with van der Waals surface area (Å²) in [4.78, 5) is 16.6. The van der Waals surface area contributed by atoms with Crippen LogP contribution < -0.4 is 9.80 Å². The van der Waals surface area contributed by atoms with Crippen LogP contribution in [0, 0.1) is 29.0 Å². The minimum Gasteiger partial charge on any atom is -0.462 e. The van der Waals surface area contributed by atoms with Gasteiger partial charge < -0.3 is 14.5 Å². The first kappa shape index (κ1) is 20.0. The third-order valence-corrected chi connectivity index (χ3v) is 8.49. The quantitative estimate of drug-likeness (QED) is 0.611. The first-order valence-corrected chi connectivity index (χ1v) is 11.7. The maximum Gasteiger partial charge on any atom is 0.315 e. The molecule has 0 radical (unpaired) electrons. The fourth-order valence-electron chi connectivity index (χ4n) is 6.74. The van der Waals surface area contributed by atoms with Crippen molar-refractivity contribution in [2.45, 2.75) is 45.1 Å². The minimum absolute atomic E-state index is 0.0293. The number of carbonyl (C=O) groups excluding carboxylic acids is 1. The molecule has 4 aliphatic rings. The number of quaternary nitrogens is 1. The van der Waals surface area contributed by atoms with Gasteiger partial charge in [0.15, 0.2) is 0 Å². The van der Waals surface area contributed by atoms with E-state index < -0.39 is 0 Å². The summed E-state index contributed by atoms with van der Waals surface area (Å²) in [6.07, 6.45) is 5.80. The molecule has 2 aliphatic heterocycles. The Labute approximate surface area is 179 Å². The predicted molar refractivity (Wildman–Crippen MR) is 115 cm³/mol. The molecule has 0 aromatic heterocycles. The van der Waals surface area contributed by atoms with E-state index in [-0.39, 0.29) is 29.2 Å². The lowest BCUT2D eigenvalue weighted by Crippen LogP contribution is -3.15. The Morgan fingerprint density at radius 1 is 1.27 bits per heavy atom. The normalized spacial score (nSPS) is 36.9. The predicted octanol–water partition coefficient (Wildman–Crippen LogP) is 2.84. The van der Waals surface area contributed by atoms with Gasteiger partial charge in [-0.2, -0.15) is 0 Å². The Morgan fingerprint density at radius 3 is 2.73 bits per heavy atom. The zero-order chi connectivity index (χ0) is 20.9. The number of halogens is 1. The van der Waals surface area contributed by atoms with Gasteiger partial charge in [0, 0.05) is 11.6 Å². The molecule has 0 bridgehead atoms. The summed E-state index contributed by atoms with van der Waals surface area (Å²) in [6.45, 7) is 11.6. The monoisotopic (exact) mass is 413 g/mol. The molecule has 0 amide bonds. The summed E-state index contributed by atoms with van der Waals surface area (Å²) < 4.78 is 19.1. The molecule has 4 nitrogen and oxygen atoms in total. The van der Waals surface area contributed by atoms with Gasteiger partial charge in [-0.3, -0.25) is 4.79 Å². The molecule has 162 valence electrons. The van der Waals surface area contributed by atoms with Crippen LogP contribution in [-0.4, -0.2) is 44.8 Å². The van der Waals surface area contributed by atoms with Crippen molar-refractivity contribution in [3.8, 4) is 0 Å². The summed E-state index contributed by atoms with van der Waals surface area (Å²) in [6, 6.07) is 6.77. The molecule has 5 heteroatoms. The molecule has 2 saturated heterocycles. The molecule has 2 heterocycles. The lowest BCUT2D eigenvalue weighted by atomic mass is 9.55. The summed E-state index contributed by atoms with van der Waals surface area (Å²) >= 11 is 0. The largest absolute Gasteiger partial charge is 0.462 e. The topological polar surface area (TPSA) is 34.0 Å². The van der Waals surface area contributed by atoms with E-state index in [1.54, 1.807) is 0 Å². The third kappa shape index (κ3) is 3.55. The highest BCUT2D eigenvalue weighted by atomic mass is 19.1. The van der Waals surface area contributed by atoms with Gasteiger partial charge in [0.2, 0.25) is 0 Å². The van der Waals surface area contributed by atoms with Crippen LogP contribution in [0.5, 0.6) is 0 Å². The summed E-state index contributed by atoms with van der Waals surface area (Å²) in [5.41, 5.74) is 2.75. The summed E-state index contributed by atoms with van der Waals surface area (Å²) in [7, 11) is 0. The van der Waals surface area contributed by atoms with Crippen molar-refractivity contribution < 1.29 is 18.8 Å². The van der Waals surface area contributed by atoms with Crippen molar-refractivity contribution in [3.63, 3.8) is 0 Å². The van der Waals surface area contributed by atoms with Crippen LogP contribution in [0.4, 0.5) is 10.1 Å². The molecule has 5 atom stereocenters. The number of fused-ring (bicyclic) bond motifs is 2. The molecule has 1 aromatic carbocycles. The van der Waals surface area contributed by atoms with Crippen molar-refractivity contribution in [2.24, 2.45) is 23.2 Å². The van der Waals surface area contributed by atoms with Gasteiger partial charge in [0.1, 0.15) is 17.8 Å². The number of anilines is 1. The van der Waals surface area contributed by atoms with Crippen molar-refractivity contribution in [1.82, 2.24) is 0 Å². The molecular formula is C25H34FN2O2+. The zero-order valence-corrected chi connectivity index (χ0v) is 18.0. The molecule has 2 saturated carbocycles. The fourth-order valence-corrected chi connectivity index (χ4v) is 6.74. The van der Waals surface area contributed by atoms with Gasteiger partial charge in [-0.15, -0.1) is 0 Å². The Bertz CT molecular complexity index is 817. The van der Waals surface area contributed by atoms with Crippen LogP contribution in [0.3, 0.4) is 0 Å². The number of benzene rings is 1. The van der Waals surface area contributed by atoms with Crippen LogP contribution in [0.1, 0.15) is 39.0 Å². The zero-order valence-electron chi connectivity index (χ0n) is 18.0. The van der Waals surface area contributed by atoms with Gasteiger partial charge in [-0.1, -0.05) is 19.1 Å². The van der Waals surface area contributed by atoms with Crippen molar-refractivity contribution in [1.29, 1.82) is 0 Å². The average molecular weight is 414 g/mol. The lowest BCUT2D eigenvalue weighted by molar-refractivity contribution is -0.903. The third-order valence-electron chi connectivity index (χ3n) is 8.49. The van der Waals surface area contributed by atoms with Crippen LogP contribution in [0.2, 0.25) is 0 Å². The second-order valence-corrected chi connectivity index (χ2v) is 10.3. The van der Waals surface area contributed by atoms with Crippen molar-refractivity contribution in [3.05, 3.63) is 42.2 Å². The maximum absolute atomic E-state index is 13.2. The number of carbonyl (C=O) groups is 1. The second kappa shape index (κ2) is 7.67. The van der Waals surface area contributed by atoms with E-state index in [1.807, 2.05) is 12.1 Å². The molecule has 30 heavy (non-hydrogen) atoms. The SMILES string of the molecule is C=C1CCC[C@@]2(C)C[C@H]3OC(=O)[C@@H](C[NH+]4CCN(c5ccc(F)cc5)CC4)[C@@H]3C[C@@H]12. The van der Waals surface area contributed by atoms with E-state index in [4.69, 9.17) is 4.74 Å². The number of allylic oxidation sites excluding steroid dienone is 1. The van der Waals surface area contributed by atoms with Crippen molar-refractivity contribution >= 4 is 11.7 Å². The first-order valence-electron chi connectivity index (χ1n) is 11.7. The number of piperazine rings is 1. The number of esters is 1. The Kier molecular flexibility index (Phi) is 5.12. The van der Waals surface area contributed by atoms with Crippen LogP contribution >= 0.6 is 0 Å². The minimum atomic E-state index is -0.193. The van der Waals surface area contributed by atoms with Gasteiger partial charge in [0.25, 0.3) is 0 Å². The van der Waals surface area contributed by atoms with Crippen LogP contribution in [0.25, 0.3) is 0 Å². The molecule has 1 aromatic rings. The van der Waals surface area contributed by atoms with Gasteiger partial charge in [-0.25, -0.2) is 4.39 Å². The summed E-state index contributed by atoms with van der Waals surface area (Å²) in [5.74, 6) is 0.775. The van der Waals surface area contributed by atoms with E-state index in [0.717, 1.165) is 57.7 Å². The van der Waals surface area contributed by atoms with Gasteiger partial charge in [0.05, 0.1) is 32.7 Å². The highest BCUT2D eigenvalue weighted by molar-refractivity contribution is 5.75. The molecule has 0 unspecified atom stereocenters. The molecule has 2 aliphatic carbocycles. The Balaban J connectivity index is 1.22. The van der Waals surface area contributed by atoms with E-state index in [0.29, 0.717) is 11.8 Å². The van der Waals surface area contributed by atoms with E-state index in [9.17, 15) is 9.18 Å². The number of nitrogens with zero attached hydrogens (tertiary/aromatic N) is 1. The van der Waals surface area contributed by atoms with Gasteiger partial charge in [-0.05, 0) is 67.7 Å². The summed E-state index contributed by atoms with van der Waals surface area (Å²) in [5, 5.41) is 0. The molecule has 0 spiro atoms. The lowest BCUT2D eigenvalue weighted by Gasteiger charge is -2.50. The number of rotatable bonds is 3. The van der Waals surface area contributed by atoms with Gasteiger partial charge >= 0.3 is 5.97 Å². The van der Waals surface area contributed by atoms with E-state index in [2.05, 4.69) is 18.4 Å². The number of nitrogens with one attached hydrogen (secondary N) is 1. The standard InChI is InChI=1S/C25H33FN2O2/c1-17-4-3-9-25(2)15-23-20(14-22(17)25)21(24(29)30-23)16-27-10-12-28(13-11-27)19-7-5-18(26)6-8-19/h5-8,20-23H,1,3-4,9-16H2,2H3/p+1/t20-,21-,22-,23+,25-/m0/s1. The maximum atomic E-state index is 13.2. The van der Waals surface area contributed by atoms with Crippen LogP contribution in [0.15, 0.2) is 36.4 Å². The first-order chi connectivity index (χ1) is 14.4. The van der Waals surface area contributed by atoms with E-state index in [1.165, 1.54) is 35.4 Å². The highest BCUT2D eigenvalue weighted by Gasteiger charge is 2.56. The fraction of sp³-hybridized carbons (Fsp3) is 0.640. The smallest absolute Gasteiger partial charge is 0.315 e. The Morgan fingerprint density at radius 2 is 2.00 bits per heavy atom. The number of ether oxygens (including phenoxy) is 1. The highest BCUT2D eigenvalue weighted by Crippen LogP contribution is 2.56. The molecule has 1 N–H and O–H groups in total. The molecule has 5 rings (SSSR count). The van der Waals surface area contributed by atoms with Crippen molar-refractivity contribution in [2.75, 3.05) is 37.6 Å². The van der Waals surface area contributed by atoms with E-state index >= 15 is 0 Å².